The molecule has 0 saturated carbocycles. The van der Waals surface area contributed by atoms with E-state index in [1.807, 2.05) is 12.3 Å². The zero-order chi connectivity index (χ0) is 19.8. The fraction of sp³-hybridized carbons (Fsp3) is 0.318. The van der Waals surface area contributed by atoms with Crippen molar-refractivity contribution >= 4 is 5.82 Å². The molecule has 0 amide bonds. The molecule has 2 aromatic heterocycles. The molecule has 0 saturated heterocycles. The lowest BCUT2D eigenvalue weighted by Crippen LogP contribution is -2.33. The van der Waals surface area contributed by atoms with Crippen LogP contribution in [0.3, 0.4) is 0 Å². The van der Waals surface area contributed by atoms with Crippen molar-refractivity contribution < 1.29 is 4.74 Å². The van der Waals surface area contributed by atoms with Crippen LogP contribution in [0.25, 0.3) is 16.8 Å². The lowest BCUT2D eigenvalue weighted by Gasteiger charge is -2.30. The minimum absolute atomic E-state index is 0.361. The first-order valence-electron chi connectivity index (χ1n) is 10.0. The van der Waals surface area contributed by atoms with E-state index in [4.69, 9.17) is 15.5 Å². The van der Waals surface area contributed by atoms with Crippen LogP contribution in [0, 0.1) is 0 Å². The largest absolute Gasteiger partial charge is 0.472 e. The number of pyridine rings is 1. The van der Waals surface area contributed by atoms with Crippen LogP contribution < -0.4 is 15.4 Å². The van der Waals surface area contributed by atoms with E-state index in [0.717, 1.165) is 59.6 Å². The molecule has 1 unspecified atom stereocenters. The van der Waals surface area contributed by atoms with E-state index in [-0.39, 0.29) is 0 Å². The Morgan fingerprint density at radius 1 is 1.21 bits per heavy atom. The number of hydrogen-bond donors (Lipinski definition) is 1. The van der Waals surface area contributed by atoms with Crippen LogP contribution >= 0.6 is 0 Å². The second-order valence-corrected chi connectivity index (χ2v) is 7.68. The standard InChI is InChI=1S/C22H24N6O/c1-27(17-5-3-2-4-16(23)13-17)21-9-8-20-19-7-6-18(28-11-10-24-26-28)12-15(19)14-29-22(20)25-21/h4,6-12,17H,2-3,5,13-14,23H2,1H3. The molecule has 1 aromatic carbocycles. The van der Waals surface area contributed by atoms with Gasteiger partial charge in [0.2, 0.25) is 5.88 Å². The molecule has 29 heavy (non-hydrogen) atoms. The average Bonchev–Trinajstić information content (AvgIpc) is 3.20. The van der Waals surface area contributed by atoms with E-state index >= 15 is 0 Å². The smallest absolute Gasteiger partial charge is 0.223 e. The molecule has 148 valence electrons. The first-order chi connectivity index (χ1) is 14.2. The summed E-state index contributed by atoms with van der Waals surface area (Å²) in [4.78, 5) is 7.07. The van der Waals surface area contributed by atoms with Gasteiger partial charge in [-0.15, -0.1) is 5.10 Å². The van der Waals surface area contributed by atoms with Gasteiger partial charge in [0, 0.05) is 30.8 Å². The highest BCUT2D eigenvalue weighted by molar-refractivity contribution is 5.75. The summed E-state index contributed by atoms with van der Waals surface area (Å²) >= 11 is 0. The predicted octanol–water partition coefficient (Wildman–Crippen LogP) is 3.44. The maximum atomic E-state index is 6.13. The van der Waals surface area contributed by atoms with Gasteiger partial charge in [0.1, 0.15) is 12.4 Å². The van der Waals surface area contributed by atoms with Gasteiger partial charge in [-0.25, -0.2) is 4.68 Å². The monoisotopic (exact) mass is 388 g/mol. The molecule has 1 aliphatic heterocycles. The molecule has 3 heterocycles. The van der Waals surface area contributed by atoms with E-state index < -0.39 is 0 Å². The molecule has 1 atom stereocenters. The van der Waals surface area contributed by atoms with Crippen LogP contribution in [0.1, 0.15) is 31.2 Å². The number of nitrogens with zero attached hydrogens (tertiary/aromatic N) is 5. The molecule has 5 rings (SSSR count). The molecule has 7 heteroatoms. The van der Waals surface area contributed by atoms with Crippen LogP contribution in [0.15, 0.2) is 54.5 Å². The molecule has 0 radical (unpaired) electrons. The minimum atomic E-state index is 0.361. The maximum absolute atomic E-state index is 6.13. The first kappa shape index (κ1) is 17.7. The van der Waals surface area contributed by atoms with Crippen molar-refractivity contribution in [2.45, 2.75) is 38.3 Å². The summed E-state index contributed by atoms with van der Waals surface area (Å²) in [6.07, 6.45) is 9.86. The fourth-order valence-corrected chi connectivity index (χ4v) is 4.16. The highest BCUT2D eigenvalue weighted by Gasteiger charge is 2.23. The van der Waals surface area contributed by atoms with Crippen LogP contribution in [0.5, 0.6) is 5.88 Å². The zero-order valence-corrected chi connectivity index (χ0v) is 16.5. The Balaban J connectivity index is 1.44. The second kappa shape index (κ2) is 7.24. The van der Waals surface area contributed by atoms with E-state index in [0.29, 0.717) is 18.5 Å². The summed E-state index contributed by atoms with van der Waals surface area (Å²) in [7, 11) is 2.10. The number of hydrogen-bond acceptors (Lipinski definition) is 6. The van der Waals surface area contributed by atoms with Gasteiger partial charge in [-0.3, -0.25) is 0 Å². The number of nitrogens with two attached hydrogens (primary N) is 1. The van der Waals surface area contributed by atoms with Crippen molar-refractivity contribution in [1.29, 1.82) is 0 Å². The SMILES string of the molecule is CN(c1ccc2c(n1)OCc1cc(-n3ccnn3)ccc1-2)C1CCCC=C(N)C1. The molecule has 7 nitrogen and oxygen atoms in total. The Morgan fingerprint density at radius 2 is 2.10 bits per heavy atom. The molecule has 0 spiro atoms. The summed E-state index contributed by atoms with van der Waals surface area (Å²) in [6, 6.07) is 10.8. The van der Waals surface area contributed by atoms with Crippen molar-refractivity contribution in [3.8, 4) is 22.7 Å². The molecule has 0 bridgehead atoms. The highest BCUT2D eigenvalue weighted by Crippen LogP contribution is 2.38. The Bertz CT molecular complexity index is 1060. The summed E-state index contributed by atoms with van der Waals surface area (Å²) in [6.45, 7) is 0.490. The number of rotatable bonds is 3. The lowest BCUT2D eigenvalue weighted by molar-refractivity contribution is 0.290. The predicted molar refractivity (Wildman–Crippen MR) is 112 cm³/mol. The third-order valence-electron chi connectivity index (χ3n) is 5.80. The summed E-state index contributed by atoms with van der Waals surface area (Å²) in [5, 5.41) is 7.94. The van der Waals surface area contributed by atoms with Gasteiger partial charge in [-0.2, -0.15) is 4.98 Å². The Hall–Kier alpha value is -3.35. The average molecular weight is 388 g/mol. The third-order valence-corrected chi connectivity index (χ3v) is 5.80. The van der Waals surface area contributed by atoms with Crippen LogP contribution in [-0.2, 0) is 6.61 Å². The van der Waals surface area contributed by atoms with Crippen LogP contribution in [0.4, 0.5) is 5.82 Å². The van der Waals surface area contributed by atoms with Crippen molar-refractivity contribution in [3.05, 3.63) is 60.1 Å². The summed E-state index contributed by atoms with van der Waals surface area (Å²) in [5.41, 5.74) is 11.4. The number of aromatic nitrogens is 4. The topological polar surface area (TPSA) is 82.1 Å². The summed E-state index contributed by atoms with van der Waals surface area (Å²) < 4.78 is 7.78. The van der Waals surface area contributed by atoms with Crippen molar-refractivity contribution in [1.82, 2.24) is 20.0 Å². The zero-order valence-electron chi connectivity index (χ0n) is 16.5. The van der Waals surface area contributed by atoms with Crippen LogP contribution in [0.2, 0.25) is 0 Å². The quantitative estimate of drug-likeness (QED) is 0.740. The Kier molecular flexibility index (Phi) is 4.42. The molecular weight excluding hydrogens is 364 g/mol. The van der Waals surface area contributed by atoms with E-state index in [2.05, 4.69) is 52.6 Å². The van der Waals surface area contributed by atoms with Gasteiger partial charge in [0.25, 0.3) is 0 Å². The number of anilines is 1. The Morgan fingerprint density at radius 3 is 2.97 bits per heavy atom. The molecule has 3 aromatic rings. The number of benzene rings is 1. The second-order valence-electron chi connectivity index (χ2n) is 7.68. The normalized spacial score (nSPS) is 18.1. The van der Waals surface area contributed by atoms with Gasteiger partial charge in [-0.1, -0.05) is 17.4 Å². The third kappa shape index (κ3) is 3.33. The number of ether oxygens (including phenoxy) is 1. The molecule has 0 fully saturated rings. The molecule has 1 aliphatic carbocycles. The minimum Gasteiger partial charge on any atom is -0.472 e. The van der Waals surface area contributed by atoms with Crippen molar-refractivity contribution in [2.24, 2.45) is 5.73 Å². The van der Waals surface area contributed by atoms with Gasteiger partial charge in [0.15, 0.2) is 0 Å². The maximum Gasteiger partial charge on any atom is 0.223 e. The van der Waals surface area contributed by atoms with Crippen LogP contribution in [-0.4, -0.2) is 33.1 Å². The van der Waals surface area contributed by atoms with Gasteiger partial charge in [-0.05, 0) is 54.7 Å². The summed E-state index contributed by atoms with van der Waals surface area (Å²) in [5.74, 6) is 1.61. The number of allylic oxidation sites excluding steroid dienone is 1. The van der Waals surface area contributed by atoms with Gasteiger partial charge >= 0.3 is 0 Å². The van der Waals surface area contributed by atoms with Crippen molar-refractivity contribution in [3.63, 3.8) is 0 Å². The van der Waals surface area contributed by atoms with Gasteiger partial charge in [0.05, 0.1) is 18.1 Å². The van der Waals surface area contributed by atoms with Gasteiger partial charge < -0.3 is 15.4 Å². The highest BCUT2D eigenvalue weighted by atomic mass is 16.5. The van der Waals surface area contributed by atoms with E-state index in [9.17, 15) is 0 Å². The Labute approximate surface area is 169 Å². The lowest BCUT2D eigenvalue weighted by atomic mass is 9.98. The molecule has 2 aliphatic rings. The number of fused-ring (bicyclic) bond motifs is 3. The fourth-order valence-electron chi connectivity index (χ4n) is 4.16. The van der Waals surface area contributed by atoms with Crippen molar-refractivity contribution in [2.75, 3.05) is 11.9 Å². The van der Waals surface area contributed by atoms with E-state index in [1.54, 1.807) is 10.9 Å². The van der Waals surface area contributed by atoms with E-state index in [1.165, 1.54) is 0 Å². The first-order valence-corrected chi connectivity index (χ1v) is 10.0. The molecule has 2 N–H and O–H groups in total. The molecular formula is C22H24N6O.